The van der Waals surface area contributed by atoms with E-state index in [1.807, 2.05) is 18.2 Å². The van der Waals surface area contributed by atoms with E-state index in [4.69, 9.17) is 16.3 Å². The monoisotopic (exact) mass is 260 g/mol. The van der Waals surface area contributed by atoms with Crippen molar-refractivity contribution in [2.45, 2.75) is 6.61 Å². The Morgan fingerprint density at radius 1 is 1.17 bits per heavy atom. The summed E-state index contributed by atoms with van der Waals surface area (Å²) >= 11 is 5.80. The van der Waals surface area contributed by atoms with E-state index in [1.54, 1.807) is 30.3 Å². The molecule has 2 nitrogen and oxygen atoms in total. The normalized spacial score (nSPS) is 10.1. The van der Waals surface area contributed by atoms with Crippen molar-refractivity contribution in [2.24, 2.45) is 0 Å². The van der Waals surface area contributed by atoms with Gasteiger partial charge in [0.1, 0.15) is 6.61 Å². The molecule has 92 valence electrons. The van der Waals surface area contributed by atoms with Gasteiger partial charge < -0.3 is 9.84 Å². The number of rotatable bonds is 4. The van der Waals surface area contributed by atoms with E-state index in [2.05, 4.69) is 6.58 Å². The minimum Gasteiger partial charge on any atom is -0.504 e. The van der Waals surface area contributed by atoms with E-state index in [9.17, 15) is 5.11 Å². The van der Waals surface area contributed by atoms with Crippen LogP contribution in [0.1, 0.15) is 11.1 Å². The molecule has 0 aliphatic rings. The van der Waals surface area contributed by atoms with Crippen LogP contribution < -0.4 is 4.74 Å². The van der Waals surface area contributed by atoms with Gasteiger partial charge in [-0.1, -0.05) is 42.5 Å². The maximum absolute atomic E-state index is 9.75. The highest BCUT2D eigenvalue weighted by Crippen LogP contribution is 2.28. The van der Waals surface area contributed by atoms with Crippen molar-refractivity contribution in [1.29, 1.82) is 0 Å². The highest BCUT2D eigenvalue weighted by atomic mass is 35.5. The van der Waals surface area contributed by atoms with Crippen LogP contribution in [0.4, 0.5) is 0 Å². The van der Waals surface area contributed by atoms with Crippen LogP contribution in [0.15, 0.2) is 49.0 Å². The molecule has 3 heteroatoms. The van der Waals surface area contributed by atoms with Crippen molar-refractivity contribution >= 4 is 17.7 Å². The molecule has 2 aromatic rings. The summed E-state index contributed by atoms with van der Waals surface area (Å²) in [6.07, 6.45) is 1.67. The summed E-state index contributed by atoms with van der Waals surface area (Å²) in [4.78, 5) is 0. The number of aromatic hydroxyl groups is 1. The number of ether oxygens (including phenoxy) is 1. The van der Waals surface area contributed by atoms with Gasteiger partial charge in [-0.3, -0.25) is 0 Å². The number of phenolic OH excluding ortho intramolecular Hbond substituents is 1. The molecule has 0 aromatic heterocycles. The predicted octanol–water partition coefficient (Wildman–Crippen LogP) is 4.27. The SMILES string of the molecule is C=Cc1ccc(OCc2ccc(Cl)cc2)c(O)c1. The zero-order chi connectivity index (χ0) is 13.0. The molecule has 0 radical (unpaired) electrons. The number of hydrogen-bond acceptors (Lipinski definition) is 2. The fourth-order valence-corrected chi connectivity index (χ4v) is 1.65. The van der Waals surface area contributed by atoms with Gasteiger partial charge >= 0.3 is 0 Å². The number of phenols is 1. The van der Waals surface area contributed by atoms with Crippen molar-refractivity contribution < 1.29 is 9.84 Å². The van der Waals surface area contributed by atoms with Gasteiger partial charge in [-0.2, -0.15) is 0 Å². The Morgan fingerprint density at radius 2 is 1.89 bits per heavy atom. The zero-order valence-corrected chi connectivity index (χ0v) is 10.5. The van der Waals surface area contributed by atoms with Crippen molar-refractivity contribution in [2.75, 3.05) is 0 Å². The molecule has 0 amide bonds. The van der Waals surface area contributed by atoms with E-state index >= 15 is 0 Å². The Bertz CT molecular complexity index is 547. The molecule has 0 spiro atoms. The lowest BCUT2D eigenvalue weighted by Gasteiger charge is -2.08. The summed E-state index contributed by atoms with van der Waals surface area (Å²) in [5.41, 5.74) is 1.85. The van der Waals surface area contributed by atoms with E-state index in [-0.39, 0.29) is 5.75 Å². The standard InChI is InChI=1S/C15H13ClO2/c1-2-11-5-8-15(14(17)9-11)18-10-12-3-6-13(16)7-4-12/h2-9,17H,1,10H2. The van der Waals surface area contributed by atoms with Crippen LogP contribution in [0.5, 0.6) is 11.5 Å². The van der Waals surface area contributed by atoms with Crippen LogP contribution in [0, 0.1) is 0 Å². The van der Waals surface area contributed by atoms with Gasteiger partial charge in [-0.25, -0.2) is 0 Å². The zero-order valence-electron chi connectivity index (χ0n) is 9.77. The lowest BCUT2D eigenvalue weighted by Crippen LogP contribution is -1.95. The molecular formula is C15H13ClO2. The van der Waals surface area contributed by atoms with Crippen LogP contribution in [0.25, 0.3) is 6.08 Å². The molecule has 1 N–H and O–H groups in total. The topological polar surface area (TPSA) is 29.5 Å². The quantitative estimate of drug-likeness (QED) is 0.890. The third-order valence-electron chi connectivity index (χ3n) is 2.53. The second-order valence-electron chi connectivity index (χ2n) is 3.85. The first-order valence-corrected chi connectivity index (χ1v) is 5.89. The van der Waals surface area contributed by atoms with Crippen molar-refractivity contribution in [3.63, 3.8) is 0 Å². The summed E-state index contributed by atoms with van der Waals surface area (Å²) in [6, 6.07) is 12.6. The molecule has 2 rings (SSSR count). The molecule has 0 heterocycles. The lowest BCUT2D eigenvalue weighted by atomic mass is 10.2. The minimum atomic E-state index is 0.112. The highest BCUT2D eigenvalue weighted by molar-refractivity contribution is 6.30. The molecule has 18 heavy (non-hydrogen) atoms. The first-order chi connectivity index (χ1) is 8.69. The average Bonchev–Trinajstić information content (AvgIpc) is 2.39. The van der Waals surface area contributed by atoms with Gasteiger partial charge in [0.05, 0.1) is 0 Å². The summed E-state index contributed by atoms with van der Waals surface area (Å²) in [6.45, 7) is 4.03. The van der Waals surface area contributed by atoms with Crippen LogP contribution in [0.2, 0.25) is 5.02 Å². The number of hydrogen-bond donors (Lipinski definition) is 1. The average molecular weight is 261 g/mol. The van der Waals surface area contributed by atoms with Gasteiger partial charge in [-0.05, 0) is 35.4 Å². The van der Waals surface area contributed by atoms with Gasteiger partial charge in [-0.15, -0.1) is 0 Å². The molecule has 0 fully saturated rings. The molecule has 0 aliphatic carbocycles. The third kappa shape index (κ3) is 3.05. The Balaban J connectivity index is 2.06. The molecule has 0 aliphatic heterocycles. The second-order valence-corrected chi connectivity index (χ2v) is 4.28. The van der Waals surface area contributed by atoms with E-state index < -0.39 is 0 Å². The Kier molecular flexibility index (Phi) is 3.90. The largest absolute Gasteiger partial charge is 0.504 e. The summed E-state index contributed by atoms with van der Waals surface area (Å²) in [7, 11) is 0. The third-order valence-corrected chi connectivity index (χ3v) is 2.78. The van der Waals surface area contributed by atoms with Crippen LogP contribution >= 0.6 is 11.6 Å². The van der Waals surface area contributed by atoms with Crippen molar-refractivity contribution in [3.8, 4) is 11.5 Å². The van der Waals surface area contributed by atoms with E-state index in [0.29, 0.717) is 17.4 Å². The Hall–Kier alpha value is -1.93. The first kappa shape index (κ1) is 12.5. The Labute approximate surface area is 111 Å². The first-order valence-electron chi connectivity index (χ1n) is 5.52. The van der Waals surface area contributed by atoms with Crippen LogP contribution in [0.3, 0.4) is 0 Å². The smallest absolute Gasteiger partial charge is 0.161 e. The number of halogens is 1. The maximum atomic E-state index is 9.75. The van der Waals surface area contributed by atoms with Gasteiger partial charge in [0, 0.05) is 5.02 Å². The second kappa shape index (κ2) is 5.61. The van der Waals surface area contributed by atoms with Crippen LogP contribution in [-0.2, 0) is 6.61 Å². The molecule has 0 unspecified atom stereocenters. The molecule has 0 saturated heterocycles. The van der Waals surface area contributed by atoms with Gasteiger partial charge in [0.25, 0.3) is 0 Å². The minimum absolute atomic E-state index is 0.112. The summed E-state index contributed by atoms with van der Waals surface area (Å²) < 4.78 is 5.53. The van der Waals surface area contributed by atoms with E-state index in [1.165, 1.54) is 0 Å². The molecule has 0 atom stereocenters. The van der Waals surface area contributed by atoms with Gasteiger partial charge in [0.2, 0.25) is 0 Å². The lowest BCUT2D eigenvalue weighted by molar-refractivity contribution is 0.289. The van der Waals surface area contributed by atoms with Gasteiger partial charge in [0.15, 0.2) is 11.5 Å². The van der Waals surface area contributed by atoms with Crippen molar-refractivity contribution in [3.05, 3.63) is 65.2 Å². The fourth-order valence-electron chi connectivity index (χ4n) is 1.53. The summed E-state index contributed by atoms with van der Waals surface area (Å²) in [5, 5.41) is 10.4. The predicted molar refractivity (Wildman–Crippen MR) is 74.0 cm³/mol. The van der Waals surface area contributed by atoms with E-state index in [0.717, 1.165) is 11.1 Å². The fraction of sp³-hybridized carbons (Fsp3) is 0.0667. The number of benzene rings is 2. The Morgan fingerprint density at radius 3 is 2.50 bits per heavy atom. The maximum Gasteiger partial charge on any atom is 0.161 e. The molecule has 0 bridgehead atoms. The van der Waals surface area contributed by atoms with Crippen molar-refractivity contribution in [1.82, 2.24) is 0 Å². The summed E-state index contributed by atoms with van der Waals surface area (Å²) in [5.74, 6) is 0.567. The highest BCUT2D eigenvalue weighted by Gasteiger charge is 2.03. The molecule has 0 saturated carbocycles. The molecule has 2 aromatic carbocycles. The van der Waals surface area contributed by atoms with Crippen LogP contribution in [-0.4, -0.2) is 5.11 Å². The molecular weight excluding hydrogens is 248 g/mol.